The highest BCUT2D eigenvalue weighted by Crippen LogP contribution is 2.44. The Morgan fingerprint density at radius 1 is 1.08 bits per heavy atom. The number of fused-ring (bicyclic) bond motifs is 1. The van der Waals surface area contributed by atoms with Crippen LogP contribution in [0.15, 0.2) is 72.3 Å². The number of amides is 1. The summed E-state index contributed by atoms with van der Waals surface area (Å²) in [6.07, 6.45) is 0.895. The molecule has 0 bridgehead atoms. The van der Waals surface area contributed by atoms with Gasteiger partial charge in [0.05, 0.1) is 27.9 Å². The molecule has 1 atom stereocenters. The second-order valence-corrected chi connectivity index (χ2v) is 10.4. The van der Waals surface area contributed by atoms with Gasteiger partial charge in [-0.1, -0.05) is 54.2 Å². The van der Waals surface area contributed by atoms with Crippen molar-refractivity contribution >= 4 is 44.1 Å². The summed E-state index contributed by atoms with van der Waals surface area (Å²) in [5.74, 6) is -1.01. The van der Waals surface area contributed by atoms with E-state index in [0.29, 0.717) is 16.4 Å². The van der Waals surface area contributed by atoms with Crippen molar-refractivity contribution in [3.63, 3.8) is 0 Å². The molecule has 7 heteroatoms. The van der Waals surface area contributed by atoms with E-state index in [4.69, 9.17) is 9.72 Å². The summed E-state index contributed by atoms with van der Waals surface area (Å²) in [6, 6.07) is 19.7. The largest absolute Gasteiger partial charge is 0.507 e. The molecule has 1 saturated heterocycles. The Hall–Kier alpha value is -3.97. The maximum absolute atomic E-state index is 13.5. The number of carbonyl (C=O) groups is 2. The predicted molar refractivity (Wildman–Crippen MR) is 147 cm³/mol. The third-order valence-corrected chi connectivity index (χ3v) is 7.38. The summed E-state index contributed by atoms with van der Waals surface area (Å²) in [5, 5.41) is 11.8. The number of aliphatic hydroxyl groups excluding tert-OH is 1. The van der Waals surface area contributed by atoms with E-state index in [0.717, 1.165) is 27.8 Å². The van der Waals surface area contributed by atoms with Crippen LogP contribution in [0.4, 0.5) is 5.13 Å². The van der Waals surface area contributed by atoms with Gasteiger partial charge in [-0.3, -0.25) is 14.5 Å². The highest BCUT2D eigenvalue weighted by molar-refractivity contribution is 7.22. The fourth-order valence-electron chi connectivity index (χ4n) is 4.58. The van der Waals surface area contributed by atoms with Crippen molar-refractivity contribution in [3.05, 3.63) is 94.6 Å². The molecule has 0 spiro atoms. The molecule has 1 unspecified atom stereocenters. The molecular formula is C30H28N2O4S. The van der Waals surface area contributed by atoms with E-state index in [1.807, 2.05) is 57.2 Å². The van der Waals surface area contributed by atoms with Gasteiger partial charge in [-0.15, -0.1) is 0 Å². The van der Waals surface area contributed by atoms with Crippen molar-refractivity contribution in [2.75, 3.05) is 4.90 Å². The molecule has 1 fully saturated rings. The van der Waals surface area contributed by atoms with Gasteiger partial charge in [0.15, 0.2) is 5.13 Å². The van der Waals surface area contributed by atoms with Crippen LogP contribution < -0.4 is 9.64 Å². The lowest BCUT2D eigenvalue weighted by Gasteiger charge is -2.23. The normalized spacial score (nSPS) is 17.2. The van der Waals surface area contributed by atoms with E-state index >= 15 is 0 Å². The van der Waals surface area contributed by atoms with Gasteiger partial charge in [0, 0.05) is 5.56 Å². The molecule has 5 rings (SSSR count). The number of anilines is 1. The highest BCUT2D eigenvalue weighted by Gasteiger charge is 2.48. The molecule has 37 heavy (non-hydrogen) atoms. The maximum atomic E-state index is 13.5. The van der Waals surface area contributed by atoms with Gasteiger partial charge in [-0.05, 0) is 74.7 Å². The second-order valence-electron chi connectivity index (χ2n) is 9.43. The Labute approximate surface area is 219 Å². The summed E-state index contributed by atoms with van der Waals surface area (Å²) in [5.41, 5.74) is 4.13. The third kappa shape index (κ3) is 4.62. The van der Waals surface area contributed by atoms with E-state index < -0.39 is 17.7 Å². The molecular weight excluding hydrogens is 484 g/mol. The minimum atomic E-state index is -0.808. The number of aliphatic hydroxyl groups is 1. The molecule has 0 saturated carbocycles. The molecule has 1 aliphatic heterocycles. The van der Waals surface area contributed by atoms with Gasteiger partial charge in [0.25, 0.3) is 5.78 Å². The Morgan fingerprint density at radius 3 is 2.51 bits per heavy atom. The van der Waals surface area contributed by atoms with Crippen LogP contribution in [0.3, 0.4) is 0 Å². The first-order valence-electron chi connectivity index (χ1n) is 12.3. The fraction of sp³-hybridized carbons (Fsp3) is 0.233. The van der Waals surface area contributed by atoms with Gasteiger partial charge in [0.1, 0.15) is 11.5 Å². The quantitative estimate of drug-likeness (QED) is 0.179. The number of rotatable bonds is 6. The molecule has 1 aliphatic rings. The monoisotopic (exact) mass is 512 g/mol. The topological polar surface area (TPSA) is 79.7 Å². The molecule has 3 aromatic carbocycles. The smallest absolute Gasteiger partial charge is 0.301 e. The van der Waals surface area contributed by atoms with Gasteiger partial charge in [-0.2, -0.15) is 0 Å². The summed E-state index contributed by atoms with van der Waals surface area (Å²) in [6.45, 7) is 7.90. The van der Waals surface area contributed by atoms with E-state index in [2.05, 4.69) is 13.0 Å². The Kier molecular flexibility index (Phi) is 6.56. The van der Waals surface area contributed by atoms with Crippen LogP contribution in [0.25, 0.3) is 16.0 Å². The number of Topliss-reactive ketones (excluding diaryl/α,β-unsaturated/α-hetero) is 1. The van der Waals surface area contributed by atoms with Crippen LogP contribution in [0.2, 0.25) is 0 Å². The minimum absolute atomic E-state index is 0.00769. The van der Waals surface area contributed by atoms with Gasteiger partial charge < -0.3 is 9.84 Å². The molecule has 4 aromatic rings. The third-order valence-electron chi connectivity index (χ3n) is 6.36. The molecule has 0 radical (unpaired) electrons. The van der Waals surface area contributed by atoms with Gasteiger partial charge in [-0.25, -0.2) is 4.98 Å². The van der Waals surface area contributed by atoms with Crippen molar-refractivity contribution in [1.82, 2.24) is 4.98 Å². The number of nitrogens with zero attached hydrogens (tertiary/aromatic N) is 2. The second kappa shape index (κ2) is 9.82. The van der Waals surface area contributed by atoms with E-state index in [9.17, 15) is 14.7 Å². The number of aryl methyl sites for hydroxylation is 2. The SMILES string of the molecule is CCc1ccc2nc(N3C(=O)C(=O)/C(=C(/O)c4ccc(OC(C)C)cc4)C3c3cccc(C)c3)sc2c1. The predicted octanol–water partition coefficient (Wildman–Crippen LogP) is 6.58. The summed E-state index contributed by atoms with van der Waals surface area (Å²) < 4.78 is 6.65. The van der Waals surface area contributed by atoms with Gasteiger partial charge >= 0.3 is 5.91 Å². The zero-order valence-corrected chi connectivity index (χ0v) is 22.0. The van der Waals surface area contributed by atoms with E-state index in [1.165, 1.54) is 21.8 Å². The lowest BCUT2D eigenvalue weighted by Crippen LogP contribution is -2.29. The molecule has 1 aromatic heterocycles. The molecule has 1 amide bonds. The van der Waals surface area contributed by atoms with Crippen molar-refractivity contribution in [3.8, 4) is 5.75 Å². The minimum Gasteiger partial charge on any atom is -0.507 e. The number of benzene rings is 3. The highest BCUT2D eigenvalue weighted by atomic mass is 32.1. The molecule has 2 heterocycles. The number of carbonyl (C=O) groups excluding carboxylic acids is 2. The Balaban J connectivity index is 1.66. The molecule has 1 N–H and O–H groups in total. The van der Waals surface area contributed by atoms with E-state index in [-0.39, 0.29) is 17.4 Å². The van der Waals surface area contributed by atoms with Crippen molar-refractivity contribution in [2.45, 2.75) is 46.3 Å². The van der Waals surface area contributed by atoms with Crippen molar-refractivity contribution in [1.29, 1.82) is 0 Å². The molecule has 188 valence electrons. The Morgan fingerprint density at radius 2 is 1.84 bits per heavy atom. The number of ketones is 1. The zero-order valence-electron chi connectivity index (χ0n) is 21.2. The summed E-state index contributed by atoms with van der Waals surface area (Å²) >= 11 is 1.37. The van der Waals surface area contributed by atoms with Gasteiger partial charge in [0.2, 0.25) is 0 Å². The number of thiazole rings is 1. The van der Waals surface area contributed by atoms with Crippen LogP contribution in [0, 0.1) is 6.92 Å². The van der Waals surface area contributed by atoms with E-state index in [1.54, 1.807) is 24.3 Å². The average Bonchev–Trinajstić information content (AvgIpc) is 3.41. The van der Waals surface area contributed by atoms with Crippen molar-refractivity contribution < 1.29 is 19.4 Å². The number of ether oxygens (including phenoxy) is 1. The summed E-state index contributed by atoms with van der Waals surface area (Å²) in [4.78, 5) is 33.1. The summed E-state index contributed by atoms with van der Waals surface area (Å²) in [7, 11) is 0. The number of hydrogen-bond acceptors (Lipinski definition) is 6. The first kappa shape index (κ1) is 24.7. The number of hydrogen-bond donors (Lipinski definition) is 1. The fourth-order valence-corrected chi connectivity index (χ4v) is 5.64. The number of aromatic nitrogens is 1. The standard InChI is InChI=1S/C30H28N2O4S/c1-5-19-9-14-23-24(16-19)37-30(31-23)32-26(21-8-6-7-18(4)15-21)25(28(34)29(32)35)27(33)20-10-12-22(13-11-20)36-17(2)3/h6-17,26,33H,5H2,1-4H3/b27-25+. The van der Waals surface area contributed by atoms with Crippen LogP contribution in [-0.4, -0.2) is 27.9 Å². The van der Waals surface area contributed by atoms with Crippen LogP contribution in [-0.2, 0) is 16.0 Å². The van der Waals surface area contributed by atoms with Crippen LogP contribution in [0.5, 0.6) is 5.75 Å². The lowest BCUT2D eigenvalue weighted by atomic mass is 9.94. The first-order chi connectivity index (χ1) is 17.8. The van der Waals surface area contributed by atoms with Crippen LogP contribution >= 0.6 is 11.3 Å². The Bertz CT molecular complexity index is 1530. The zero-order chi connectivity index (χ0) is 26.3. The molecule has 6 nitrogen and oxygen atoms in total. The van der Waals surface area contributed by atoms with Crippen molar-refractivity contribution in [2.24, 2.45) is 0 Å². The average molecular weight is 513 g/mol. The molecule has 0 aliphatic carbocycles. The maximum Gasteiger partial charge on any atom is 0.301 e. The lowest BCUT2D eigenvalue weighted by molar-refractivity contribution is -0.132. The van der Waals surface area contributed by atoms with Crippen LogP contribution in [0.1, 0.15) is 49.1 Å². The first-order valence-corrected chi connectivity index (χ1v) is 13.1.